The Morgan fingerprint density at radius 2 is 2.26 bits per heavy atom. The Morgan fingerprint density at radius 1 is 1.53 bits per heavy atom. The molecule has 1 heterocycles. The Morgan fingerprint density at radius 3 is 2.89 bits per heavy atom. The summed E-state index contributed by atoms with van der Waals surface area (Å²) in [6, 6.07) is 0.515. The Balaban J connectivity index is 2.16. The number of nitrogens with one attached hydrogen (secondary N) is 1. The average molecular weight is 280 g/mol. The normalized spacial score (nSPS) is 23.3. The molecule has 0 aromatic carbocycles. The van der Waals surface area contributed by atoms with Crippen LogP contribution in [0.25, 0.3) is 0 Å². The highest BCUT2D eigenvalue weighted by Crippen LogP contribution is 2.30. The molecule has 2 rings (SSSR count). The van der Waals surface area contributed by atoms with Crippen molar-refractivity contribution in [1.82, 2.24) is 9.78 Å². The first-order valence-electron chi connectivity index (χ1n) is 7.12. The maximum Gasteiger partial charge on any atom is 0.134 e. The van der Waals surface area contributed by atoms with E-state index in [1.54, 1.807) is 0 Å². The van der Waals surface area contributed by atoms with Crippen LogP contribution in [0.5, 0.6) is 0 Å². The summed E-state index contributed by atoms with van der Waals surface area (Å²) < 4.78 is 1.86. The molecule has 1 fully saturated rings. The molecular formula is C14H24N4S. The van der Waals surface area contributed by atoms with Gasteiger partial charge in [0, 0.05) is 13.1 Å². The molecule has 5 heteroatoms. The van der Waals surface area contributed by atoms with Crippen LogP contribution in [0.2, 0.25) is 0 Å². The van der Waals surface area contributed by atoms with Gasteiger partial charge in [0.05, 0.1) is 11.3 Å². The van der Waals surface area contributed by atoms with Crippen molar-refractivity contribution in [3.63, 3.8) is 0 Å². The largest absolute Gasteiger partial charge is 0.389 e. The molecule has 1 aromatic rings. The highest BCUT2D eigenvalue weighted by atomic mass is 32.1. The minimum atomic E-state index is 0.427. The lowest BCUT2D eigenvalue weighted by Gasteiger charge is -2.30. The lowest BCUT2D eigenvalue weighted by atomic mass is 9.84. The lowest BCUT2D eigenvalue weighted by molar-refractivity contribution is 0.326. The molecule has 0 spiro atoms. The zero-order valence-corrected chi connectivity index (χ0v) is 12.9. The smallest absolute Gasteiger partial charge is 0.134 e. The highest BCUT2D eigenvalue weighted by molar-refractivity contribution is 7.80. The number of nitrogens with two attached hydrogens (primary N) is 1. The summed E-state index contributed by atoms with van der Waals surface area (Å²) in [6.07, 6.45) is 6.39. The van der Waals surface area contributed by atoms with E-state index in [4.69, 9.17) is 18.0 Å². The Bertz CT molecular complexity index is 466. The molecule has 0 aliphatic heterocycles. The van der Waals surface area contributed by atoms with Gasteiger partial charge in [-0.15, -0.1) is 0 Å². The fourth-order valence-electron chi connectivity index (χ4n) is 3.10. The van der Waals surface area contributed by atoms with Crippen LogP contribution in [0.4, 0.5) is 5.82 Å². The van der Waals surface area contributed by atoms with Crippen LogP contribution in [0.3, 0.4) is 0 Å². The van der Waals surface area contributed by atoms with Gasteiger partial charge in [-0.1, -0.05) is 38.4 Å². The van der Waals surface area contributed by atoms with Gasteiger partial charge in [0.2, 0.25) is 0 Å². The topological polar surface area (TPSA) is 55.9 Å². The molecule has 4 nitrogen and oxygen atoms in total. The monoisotopic (exact) mass is 280 g/mol. The van der Waals surface area contributed by atoms with Crippen molar-refractivity contribution < 1.29 is 0 Å². The van der Waals surface area contributed by atoms with E-state index in [0.717, 1.165) is 23.0 Å². The number of anilines is 1. The molecule has 0 radical (unpaired) electrons. The summed E-state index contributed by atoms with van der Waals surface area (Å²) in [5.41, 5.74) is 7.63. The minimum Gasteiger partial charge on any atom is -0.389 e. The van der Waals surface area contributed by atoms with E-state index in [-0.39, 0.29) is 0 Å². The molecule has 2 unspecified atom stereocenters. The van der Waals surface area contributed by atoms with Crippen molar-refractivity contribution in [3.8, 4) is 0 Å². The zero-order valence-electron chi connectivity index (χ0n) is 12.1. The number of hydrogen-bond acceptors (Lipinski definition) is 3. The second-order valence-corrected chi connectivity index (χ2v) is 6.02. The van der Waals surface area contributed by atoms with Gasteiger partial charge in [-0.3, -0.25) is 4.68 Å². The molecule has 1 saturated carbocycles. The van der Waals surface area contributed by atoms with Crippen LogP contribution in [-0.4, -0.2) is 20.8 Å². The molecule has 2 atom stereocenters. The maximum atomic E-state index is 5.83. The van der Waals surface area contributed by atoms with Gasteiger partial charge in [0.25, 0.3) is 0 Å². The second-order valence-electron chi connectivity index (χ2n) is 5.58. The van der Waals surface area contributed by atoms with Crippen molar-refractivity contribution in [2.45, 2.75) is 52.0 Å². The van der Waals surface area contributed by atoms with Crippen LogP contribution in [-0.2, 0) is 7.05 Å². The lowest BCUT2D eigenvalue weighted by Crippen LogP contribution is -2.29. The predicted octanol–water partition coefficient (Wildman–Crippen LogP) is 2.74. The molecule has 1 aromatic heterocycles. The van der Waals surface area contributed by atoms with Crippen molar-refractivity contribution in [3.05, 3.63) is 11.3 Å². The molecule has 0 amide bonds. The molecular weight excluding hydrogens is 256 g/mol. The first-order chi connectivity index (χ1) is 9.02. The maximum absolute atomic E-state index is 5.83. The summed E-state index contributed by atoms with van der Waals surface area (Å²) in [5.74, 6) is 1.82. The van der Waals surface area contributed by atoms with Gasteiger partial charge in [-0.2, -0.15) is 5.10 Å². The molecule has 1 aliphatic rings. The fraction of sp³-hybridized carbons (Fsp3) is 0.714. The van der Waals surface area contributed by atoms with Gasteiger partial charge >= 0.3 is 0 Å². The summed E-state index contributed by atoms with van der Waals surface area (Å²) in [4.78, 5) is 0.427. The van der Waals surface area contributed by atoms with Crippen molar-refractivity contribution >= 4 is 23.0 Å². The summed E-state index contributed by atoms with van der Waals surface area (Å²) >= 11 is 5.15. The van der Waals surface area contributed by atoms with Crippen LogP contribution in [0.15, 0.2) is 0 Å². The fourth-order valence-corrected chi connectivity index (χ4v) is 3.35. The van der Waals surface area contributed by atoms with Crippen molar-refractivity contribution in [1.29, 1.82) is 0 Å². The third kappa shape index (κ3) is 3.08. The number of aromatic nitrogens is 2. The van der Waals surface area contributed by atoms with E-state index in [1.165, 1.54) is 32.1 Å². The number of thiocarbonyl (C=S) groups is 1. The number of rotatable bonds is 4. The van der Waals surface area contributed by atoms with Crippen molar-refractivity contribution in [2.75, 3.05) is 5.32 Å². The average Bonchev–Trinajstić information content (AvgIpc) is 2.64. The summed E-state index contributed by atoms with van der Waals surface area (Å²) in [5, 5.41) is 8.04. The SMILES string of the molecule is CCC1CCCC(Nc2c(C(N)=S)c(C)nn2C)C1. The van der Waals surface area contributed by atoms with Crippen LogP contribution >= 0.6 is 12.2 Å². The summed E-state index contributed by atoms with van der Waals surface area (Å²) in [6.45, 7) is 4.23. The van der Waals surface area contributed by atoms with E-state index in [1.807, 2.05) is 18.7 Å². The van der Waals surface area contributed by atoms with Crippen LogP contribution in [0, 0.1) is 12.8 Å². The first-order valence-corrected chi connectivity index (χ1v) is 7.53. The van der Waals surface area contributed by atoms with E-state index < -0.39 is 0 Å². The quantitative estimate of drug-likeness (QED) is 0.833. The Labute approximate surface area is 120 Å². The minimum absolute atomic E-state index is 0.427. The van der Waals surface area contributed by atoms with E-state index >= 15 is 0 Å². The first kappa shape index (κ1) is 14.3. The summed E-state index contributed by atoms with van der Waals surface area (Å²) in [7, 11) is 1.94. The third-order valence-electron chi connectivity index (χ3n) is 4.17. The van der Waals surface area contributed by atoms with E-state index in [9.17, 15) is 0 Å². The van der Waals surface area contributed by atoms with E-state index in [2.05, 4.69) is 17.3 Å². The van der Waals surface area contributed by atoms with Crippen LogP contribution in [0.1, 0.15) is 50.3 Å². The molecule has 0 saturated heterocycles. The molecule has 106 valence electrons. The van der Waals surface area contributed by atoms with E-state index in [0.29, 0.717) is 11.0 Å². The van der Waals surface area contributed by atoms with Crippen molar-refractivity contribution in [2.24, 2.45) is 18.7 Å². The second kappa shape index (κ2) is 5.90. The number of nitrogens with zero attached hydrogens (tertiary/aromatic N) is 2. The number of hydrogen-bond donors (Lipinski definition) is 2. The molecule has 0 bridgehead atoms. The highest BCUT2D eigenvalue weighted by Gasteiger charge is 2.23. The zero-order chi connectivity index (χ0) is 14.0. The molecule has 3 N–H and O–H groups in total. The number of aryl methyl sites for hydroxylation is 2. The Hall–Kier alpha value is -1.10. The standard InChI is InChI=1S/C14H24N4S/c1-4-10-6-5-7-11(8-10)16-14-12(13(15)19)9(2)17-18(14)3/h10-11,16H,4-8H2,1-3H3,(H2,15,19). The van der Waals surface area contributed by atoms with Gasteiger partial charge in [-0.05, 0) is 25.7 Å². The molecule has 19 heavy (non-hydrogen) atoms. The van der Waals surface area contributed by atoms with Crippen LogP contribution < -0.4 is 11.1 Å². The predicted molar refractivity (Wildman–Crippen MR) is 83.5 cm³/mol. The van der Waals surface area contributed by atoms with Gasteiger partial charge in [-0.25, -0.2) is 0 Å². The van der Waals surface area contributed by atoms with Gasteiger partial charge in [0.1, 0.15) is 10.8 Å². The molecule has 1 aliphatic carbocycles. The van der Waals surface area contributed by atoms with Gasteiger partial charge in [0.15, 0.2) is 0 Å². The third-order valence-corrected chi connectivity index (χ3v) is 4.37. The van der Waals surface area contributed by atoms with Gasteiger partial charge < -0.3 is 11.1 Å². The Kier molecular flexibility index (Phi) is 4.45.